The molecule has 0 aliphatic heterocycles. The first kappa shape index (κ1) is 20.0. The van der Waals surface area contributed by atoms with Crippen LogP contribution >= 0.6 is 24.8 Å². The van der Waals surface area contributed by atoms with Gasteiger partial charge in [0.2, 0.25) is 0 Å². The van der Waals surface area contributed by atoms with Gasteiger partial charge >= 0.3 is 0 Å². The molecular formula is C13H25Cl2N3. The molecule has 0 aromatic carbocycles. The molecule has 0 saturated carbocycles. The van der Waals surface area contributed by atoms with Crippen LogP contribution in [0.15, 0.2) is 24.5 Å². The van der Waals surface area contributed by atoms with Crippen molar-refractivity contribution in [3.8, 4) is 0 Å². The minimum absolute atomic E-state index is 0. The van der Waals surface area contributed by atoms with Gasteiger partial charge in [-0.25, -0.2) is 0 Å². The van der Waals surface area contributed by atoms with E-state index in [9.17, 15) is 0 Å². The zero-order chi connectivity index (χ0) is 12.2. The summed E-state index contributed by atoms with van der Waals surface area (Å²) in [6.45, 7) is 8.28. The van der Waals surface area contributed by atoms with Crippen LogP contribution in [0.4, 0.5) is 0 Å². The van der Waals surface area contributed by atoms with Crippen molar-refractivity contribution < 1.29 is 0 Å². The Morgan fingerprint density at radius 1 is 1.39 bits per heavy atom. The van der Waals surface area contributed by atoms with Gasteiger partial charge in [-0.15, -0.1) is 24.8 Å². The molecule has 0 saturated heterocycles. The fourth-order valence-electron chi connectivity index (χ4n) is 1.75. The molecule has 0 aliphatic rings. The third-order valence-electron chi connectivity index (χ3n) is 3.06. The summed E-state index contributed by atoms with van der Waals surface area (Å²) in [6.07, 6.45) is 3.73. The summed E-state index contributed by atoms with van der Waals surface area (Å²) in [4.78, 5) is 6.48. The van der Waals surface area contributed by atoms with Crippen molar-refractivity contribution in [2.45, 2.75) is 26.8 Å². The Kier molecular flexibility index (Phi) is 9.66. The lowest BCUT2D eigenvalue weighted by Gasteiger charge is -2.33. The number of hydrogen-bond donors (Lipinski definition) is 1. The third-order valence-corrected chi connectivity index (χ3v) is 3.06. The topological polar surface area (TPSA) is 42.2 Å². The van der Waals surface area contributed by atoms with E-state index in [4.69, 9.17) is 5.73 Å². The number of halogens is 2. The van der Waals surface area contributed by atoms with Gasteiger partial charge in [-0.2, -0.15) is 0 Å². The van der Waals surface area contributed by atoms with Crippen LogP contribution in [0.1, 0.15) is 32.4 Å². The number of aromatic nitrogens is 1. The Morgan fingerprint density at radius 3 is 2.44 bits per heavy atom. The summed E-state index contributed by atoms with van der Waals surface area (Å²) < 4.78 is 0. The zero-order valence-corrected chi connectivity index (χ0v) is 13.2. The molecule has 0 bridgehead atoms. The van der Waals surface area contributed by atoms with Gasteiger partial charge in [0.1, 0.15) is 0 Å². The Morgan fingerprint density at radius 2 is 2.00 bits per heavy atom. The maximum atomic E-state index is 5.75. The van der Waals surface area contributed by atoms with Crippen LogP contribution in [0.5, 0.6) is 0 Å². The molecule has 0 aliphatic carbocycles. The van der Waals surface area contributed by atoms with Gasteiger partial charge in [0, 0.05) is 25.0 Å². The second-order valence-corrected chi connectivity index (χ2v) is 5.25. The Hall–Kier alpha value is -0.350. The van der Waals surface area contributed by atoms with Gasteiger partial charge in [0.25, 0.3) is 0 Å². The van der Waals surface area contributed by atoms with Crippen LogP contribution in [0.2, 0.25) is 0 Å². The molecule has 5 heteroatoms. The lowest BCUT2D eigenvalue weighted by Crippen LogP contribution is -2.37. The van der Waals surface area contributed by atoms with Gasteiger partial charge in [-0.3, -0.25) is 9.88 Å². The predicted molar refractivity (Wildman–Crippen MR) is 82.6 cm³/mol. The van der Waals surface area contributed by atoms with Crippen molar-refractivity contribution in [3.05, 3.63) is 30.1 Å². The highest BCUT2D eigenvalue weighted by atomic mass is 35.5. The molecule has 0 amide bonds. The number of hydrogen-bond acceptors (Lipinski definition) is 3. The molecule has 1 rings (SSSR count). The SMILES string of the molecule is CC(c1cccnc1)N(C)CC(C)(C)CN.Cl.Cl. The Bertz CT molecular complexity index is 317. The summed E-state index contributed by atoms with van der Waals surface area (Å²) in [6, 6.07) is 4.47. The quantitative estimate of drug-likeness (QED) is 0.908. The predicted octanol–water partition coefficient (Wildman–Crippen LogP) is 2.90. The highest BCUT2D eigenvalue weighted by Gasteiger charge is 2.21. The monoisotopic (exact) mass is 293 g/mol. The van der Waals surface area contributed by atoms with Gasteiger partial charge in [-0.1, -0.05) is 19.9 Å². The van der Waals surface area contributed by atoms with Gasteiger partial charge in [-0.05, 0) is 37.6 Å². The fraction of sp³-hybridized carbons (Fsp3) is 0.615. The summed E-state index contributed by atoms with van der Waals surface area (Å²) >= 11 is 0. The van der Waals surface area contributed by atoms with E-state index < -0.39 is 0 Å². The van der Waals surface area contributed by atoms with E-state index in [2.05, 4.69) is 43.8 Å². The number of rotatable bonds is 5. The highest BCUT2D eigenvalue weighted by molar-refractivity contribution is 5.85. The summed E-state index contributed by atoms with van der Waals surface area (Å²) in [7, 11) is 2.13. The molecule has 2 N–H and O–H groups in total. The largest absolute Gasteiger partial charge is 0.330 e. The van der Waals surface area contributed by atoms with Crippen molar-refractivity contribution in [1.29, 1.82) is 0 Å². The summed E-state index contributed by atoms with van der Waals surface area (Å²) in [5, 5.41) is 0. The van der Waals surface area contributed by atoms with Crippen molar-refractivity contribution in [1.82, 2.24) is 9.88 Å². The number of nitrogens with zero attached hydrogens (tertiary/aromatic N) is 2. The van der Waals surface area contributed by atoms with Crippen molar-refractivity contribution in [3.63, 3.8) is 0 Å². The van der Waals surface area contributed by atoms with Gasteiger partial charge in [0.15, 0.2) is 0 Å². The van der Waals surface area contributed by atoms with Crippen LogP contribution in [0.25, 0.3) is 0 Å². The first-order valence-electron chi connectivity index (χ1n) is 5.76. The first-order valence-corrected chi connectivity index (χ1v) is 5.76. The molecule has 1 aromatic rings. The number of pyridine rings is 1. The van der Waals surface area contributed by atoms with Crippen molar-refractivity contribution in [2.75, 3.05) is 20.1 Å². The Labute approximate surface area is 123 Å². The van der Waals surface area contributed by atoms with Crippen LogP contribution in [0.3, 0.4) is 0 Å². The molecule has 0 spiro atoms. The molecule has 3 nitrogen and oxygen atoms in total. The van der Waals surface area contributed by atoms with Crippen LogP contribution in [-0.2, 0) is 0 Å². The zero-order valence-electron chi connectivity index (χ0n) is 11.6. The third kappa shape index (κ3) is 6.01. The minimum atomic E-state index is 0. The highest BCUT2D eigenvalue weighted by Crippen LogP contribution is 2.22. The standard InChI is InChI=1S/C13H23N3.2ClH/c1-11(12-6-5-7-15-8-12)16(4)10-13(2,3)9-14;;/h5-8,11H,9-10,14H2,1-4H3;2*1H. The second-order valence-electron chi connectivity index (χ2n) is 5.25. The van der Waals surface area contributed by atoms with Crippen molar-refractivity contribution >= 4 is 24.8 Å². The fourth-order valence-corrected chi connectivity index (χ4v) is 1.75. The average molecular weight is 294 g/mol. The van der Waals surface area contributed by atoms with Crippen LogP contribution in [0, 0.1) is 5.41 Å². The molecule has 1 atom stereocenters. The smallest absolute Gasteiger partial charge is 0.0332 e. The summed E-state index contributed by atoms with van der Waals surface area (Å²) in [5.74, 6) is 0. The van der Waals surface area contributed by atoms with E-state index >= 15 is 0 Å². The van der Waals surface area contributed by atoms with E-state index in [1.165, 1.54) is 5.56 Å². The lowest BCUT2D eigenvalue weighted by molar-refractivity contribution is 0.174. The van der Waals surface area contributed by atoms with E-state index in [0.29, 0.717) is 12.6 Å². The second kappa shape index (κ2) is 8.70. The normalized spacial score (nSPS) is 12.6. The molecule has 0 fully saturated rings. The Balaban J connectivity index is 0. The summed E-state index contributed by atoms with van der Waals surface area (Å²) in [5.41, 5.74) is 7.16. The van der Waals surface area contributed by atoms with E-state index in [1.54, 1.807) is 6.20 Å². The van der Waals surface area contributed by atoms with E-state index in [-0.39, 0.29) is 30.2 Å². The molecule has 18 heavy (non-hydrogen) atoms. The average Bonchev–Trinajstić information content (AvgIpc) is 2.28. The molecule has 1 unspecified atom stereocenters. The van der Waals surface area contributed by atoms with Gasteiger partial charge < -0.3 is 5.73 Å². The molecule has 1 aromatic heterocycles. The minimum Gasteiger partial charge on any atom is -0.330 e. The van der Waals surface area contributed by atoms with E-state index in [1.807, 2.05) is 12.3 Å². The van der Waals surface area contributed by atoms with Crippen LogP contribution < -0.4 is 5.73 Å². The molecule has 106 valence electrons. The number of nitrogens with two attached hydrogens (primary N) is 1. The van der Waals surface area contributed by atoms with Crippen molar-refractivity contribution in [2.24, 2.45) is 11.1 Å². The molecule has 0 radical (unpaired) electrons. The maximum absolute atomic E-state index is 5.75. The molecular weight excluding hydrogens is 269 g/mol. The van der Waals surface area contributed by atoms with Crippen LogP contribution in [-0.4, -0.2) is 30.0 Å². The lowest BCUT2D eigenvalue weighted by atomic mass is 9.92. The van der Waals surface area contributed by atoms with Gasteiger partial charge in [0.05, 0.1) is 0 Å². The maximum Gasteiger partial charge on any atom is 0.0332 e. The molecule has 1 heterocycles. The first-order chi connectivity index (χ1) is 7.46. The van der Waals surface area contributed by atoms with E-state index in [0.717, 1.165) is 6.54 Å².